The van der Waals surface area contributed by atoms with E-state index in [0.717, 1.165) is 43.4 Å². The number of rotatable bonds is 15. The number of carbonyl (C=O) groups excluding carboxylic acids is 2. The zero-order valence-electron chi connectivity index (χ0n) is 29.9. The molecule has 2 aromatic carbocycles. The van der Waals surface area contributed by atoms with Crippen molar-refractivity contribution in [2.75, 3.05) is 43.2 Å². The van der Waals surface area contributed by atoms with Crippen LogP contribution >= 0.6 is 30.6 Å². The van der Waals surface area contributed by atoms with Crippen LogP contribution in [0.5, 0.6) is 11.5 Å². The maximum absolute atomic E-state index is 12.8. The number of carboxylic acids is 1. The number of esters is 2. The predicted molar refractivity (Wildman–Crippen MR) is 195 cm³/mol. The second kappa shape index (κ2) is 22.5. The molecule has 0 amide bonds. The summed E-state index contributed by atoms with van der Waals surface area (Å²) in [6.07, 6.45) is -5.94. The van der Waals surface area contributed by atoms with Crippen molar-refractivity contribution in [3.63, 3.8) is 0 Å². The van der Waals surface area contributed by atoms with E-state index in [0.29, 0.717) is 18.0 Å². The second-order valence-corrected chi connectivity index (χ2v) is 14.1. The normalized spacial score (nSPS) is 12.9. The number of ether oxygens (including phenoxy) is 3. The number of anilines is 2. The molecule has 0 saturated heterocycles. The first-order valence-electron chi connectivity index (χ1n) is 15.9. The molecule has 0 aliphatic carbocycles. The van der Waals surface area contributed by atoms with Gasteiger partial charge in [-0.2, -0.15) is 28.1 Å². The van der Waals surface area contributed by atoms with Crippen LogP contribution in [0.25, 0.3) is 0 Å². The third-order valence-electron chi connectivity index (χ3n) is 6.22. The molecule has 6 N–H and O–H groups in total. The molecule has 3 rings (SSSR count). The summed E-state index contributed by atoms with van der Waals surface area (Å²) < 4.78 is 63.9. The highest BCUT2D eigenvalue weighted by molar-refractivity contribution is 7.57. The fourth-order valence-corrected chi connectivity index (χ4v) is 4.78. The standard InChI is InChI=1S/C19H15ClF3NO7.C7H12ClN5.C5H12NO4P/c1-3-29-17(25)10(2)30-18(26)13-9-12(5-6-15(13)24(27)28)31-16-7-4-11(8-14(16)20)19(21,22)23;1-3-9-6-11-5(8)12-7(13-6)10-4-2;1-11(9,10)3-2-4(6)5(7)8/h4-10H,3H2,1-2H3;3-4H2,1-2H3,(H2,9,10,11,12,13);4H,2-3,6H2,1H3,(H,7,8)(H,9,10). The number of hydrogen-bond acceptors (Lipinski definition) is 15. The van der Waals surface area contributed by atoms with E-state index >= 15 is 0 Å². The van der Waals surface area contributed by atoms with Crippen molar-refractivity contribution in [3.8, 4) is 11.5 Å². The molecule has 55 heavy (non-hydrogen) atoms. The largest absolute Gasteiger partial charge is 0.480 e. The van der Waals surface area contributed by atoms with Gasteiger partial charge < -0.3 is 40.6 Å². The third-order valence-corrected chi connectivity index (χ3v) is 7.78. The number of nitrogens with two attached hydrogens (primary N) is 1. The molecule has 3 atom stereocenters. The summed E-state index contributed by atoms with van der Waals surface area (Å²) in [5.74, 6) is -2.50. The van der Waals surface area contributed by atoms with E-state index in [1.165, 1.54) is 13.6 Å². The van der Waals surface area contributed by atoms with Gasteiger partial charge in [0.15, 0.2) is 13.5 Å². The fraction of sp³-hybridized carbons (Fsp3) is 0.419. The van der Waals surface area contributed by atoms with Crippen molar-refractivity contribution < 1.29 is 61.3 Å². The lowest BCUT2D eigenvalue weighted by molar-refractivity contribution is -0.385. The molecule has 1 heterocycles. The summed E-state index contributed by atoms with van der Waals surface area (Å²) in [4.78, 5) is 65.1. The SMILES string of the molecule is CCNc1nc(Cl)nc(NCC)n1.CCOC(=O)C(C)OC(=O)c1cc(Oc2ccc(C(F)(F)F)cc2Cl)ccc1[N+](=O)[O-].CP(=O)(O)CCC(N)C(=O)O. The average Bonchev–Trinajstić information content (AvgIpc) is 3.07. The summed E-state index contributed by atoms with van der Waals surface area (Å²) in [7, 11) is -3.10. The number of carboxylic acid groups (broad SMARTS) is 1. The molecule has 0 spiro atoms. The van der Waals surface area contributed by atoms with Gasteiger partial charge in [-0.25, -0.2) is 9.59 Å². The van der Waals surface area contributed by atoms with Crippen LogP contribution in [-0.2, 0) is 29.8 Å². The minimum absolute atomic E-state index is 0.0398. The van der Waals surface area contributed by atoms with E-state index in [1.807, 2.05) is 13.8 Å². The number of nitro benzene ring substituents is 1. The number of benzene rings is 2. The van der Waals surface area contributed by atoms with Crippen molar-refractivity contribution in [1.29, 1.82) is 0 Å². The lowest BCUT2D eigenvalue weighted by atomic mass is 10.1. The first kappa shape index (κ1) is 48.2. The van der Waals surface area contributed by atoms with Crippen molar-refractivity contribution in [3.05, 3.63) is 67.9 Å². The number of hydrogen-bond donors (Lipinski definition) is 5. The first-order valence-corrected chi connectivity index (χ1v) is 18.9. The molecule has 0 radical (unpaired) electrons. The molecule has 3 unspecified atom stereocenters. The number of carbonyl (C=O) groups is 3. The summed E-state index contributed by atoms with van der Waals surface area (Å²) in [6, 6.07) is 4.34. The molecular weight excluding hydrogens is 805 g/mol. The van der Waals surface area contributed by atoms with Gasteiger partial charge in [0, 0.05) is 38.0 Å². The highest BCUT2D eigenvalue weighted by atomic mass is 35.5. The van der Waals surface area contributed by atoms with E-state index in [4.69, 9.17) is 53.1 Å². The molecule has 0 fully saturated rings. The Morgan fingerprint density at radius 1 is 1.04 bits per heavy atom. The molecule has 1 aromatic heterocycles. The van der Waals surface area contributed by atoms with E-state index in [-0.39, 0.29) is 41.0 Å². The molecule has 0 saturated carbocycles. The summed E-state index contributed by atoms with van der Waals surface area (Å²) >= 11 is 11.5. The number of halogens is 5. The average molecular weight is 845 g/mol. The van der Waals surface area contributed by atoms with Crippen LogP contribution < -0.4 is 21.1 Å². The topological polar surface area (TPSA) is 268 Å². The van der Waals surface area contributed by atoms with Crippen molar-refractivity contribution in [2.24, 2.45) is 5.73 Å². The molecule has 24 heteroatoms. The van der Waals surface area contributed by atoms with Gasteiger partial charge in [-0.05, 0) is 70.0 Å². The number of nitro groups is 1. The zero-order valence-corrected chi connectivity index (χ0v) is 32.3. The monoisotopic (exact) mass is 843 g/mol. The van der Waals surface area contributed by atoms with Gasteiger partial charge in [0.25, 0.3) is 5.69 Å². The number of aliphatic carboxylic acids is 1. The van der Waals surface area contributed by atoms with Crippen molar-refractivity contribution in [2.45, 2.75) is 52.4 Å². The van der Waals surface area contributed by atoms with Gasteiger partial charge >= 0.3 is 24.1 Å². The second-order valence-electron chi connectivity index (χ2n) is 10.8. The number of nitrogens with one attached hydrogen (secondary N) is 2. The van der Waals surface area contributed by atoms with E-state index in [1.54, 1.807) is 6.92 Å². The number of nitrogens with zero attached hydrogens (tertiary/aromatic N) is 4. The van der Waals surface area contributed by atoms with Gasteiger partial charge in [0.2, 0.25) is 17.2 Å². The first-order chi connectivity index (χ1) is 25.5. The van der Waals surface area contributed by atoms with Gasteiger partial charge in [-0.15, -0.1) is 0 Å². The zero-order chi connectivity index (χ0) is 42.1. The van der Waals surface area contributed by atoms with Gasteiger partial charge in [-0.3, -0.25) is 19.5 Å². The fourth-order valence-electron chi connectivity index (χ4n) is 3.65. The van der Waals surface area contributed by atoms with E-state index in [2.05, 4.69) is 25.6 Å². The van der Waals surface area contributed by atoms with Crippen LogP contribution in [0.1, 0.15) is 50.0 Å². The van der Waals surface area contributed by atoms with E-state index < -0.39 is 65.3 Å². The maximum Gasteiger partial charge on any atom is 0.416 e. The Hall–Kier alpha value is -4.82. The minimum Gasteiger partial charge on any atom is -0.480 e. The summed E-state index contributed by atoms with van der Waals surface area (Å²) in [6.45, 7) is 9.43. The van der Waals surface area contributed by atoms with Crippen LogP contribution in [0, 0.1) is 10.1 Å². The van der Waals surface area contributed by atoms with Gasteiger partial charge in [0.1, 0.15) is 23.1 Å². The quantitative estimate of drug-likeness (QED) is 0.0490. The Labute approximate surface area is 322 Å². The summed E-state index contributed by atoms with van der Waals surface area (Å²) in [5.41, 5.74) is 2.92. The lowest BCUT2D eigenvalue weighted by Gasteiger charge is -2.13. The Balaban J connectivity index is 0.000000514. The molecule has 0 aliphatic rings. The Bertz CT molecular complexity index is 1810. The van der Waals surface area contributed by atoms with Crippen LogP contribution in [0.3, 0.4) is 0 Å². The van der Waals surface area contributed by atoms with Crippen molar-refractivity contribution >= 4 is 66.1 Å². The number of aromatic nitrogens is 3. The van der Waals surface area contributed by atoms with Crippen LogP contribution in [0.2, 0.25) is 10.3 Å². The Kier molecular flexibility index (Phi) is 19.7. The molecule has 0 bridgehead atoms. The maximum atomic E-state index is 12.8. The highest BCUT2D eigenvalue weighted by Gasteiger charge is 2.31. The predicted octanol–water partition coefficient (Wildman–Crippen LogP) is 6.24. The number of alkyl halides is 3. The molecule has 18 nitrogen and oxygen atoms in total. The Morgan fingerprint density at radius 2 is 1.62 bits per heavy atom. The smallest absolute Gasteiger partial charge is 0.416 e. The highest BCUT2D eigenvalue weighted by Crippen LogP contribution is 2.38. The Morgan fingerprint density at radius 3 is 2.07 bits per heavy atom. The minimum atomic E-state index is -4.61. The third kappa shape index (κ3) is 17.9. The van der Waals surface area contributed by atoms with Crippen molar-refractivity contribution in [1.82, 2.24) is 15.0 Å². The van der Waals surface area contributed by atoms with Crippen LogP contribution in [0.15, 0.2) is 36.4 Å². The van der Waals surface area contributed by atoms with Gasteiger partial charge in [0.05, 0.1) is 22.1 Å². The van der Waals surface area contributed by atoms with Crippen LogP contribution in [0.4, 0.5) is 30.8 Å². The van der Waals surface area contributed by atoms with E-state index in [9.17, 15) is 42.2 Å². The molecule has 0 aliphatic heterocycles. The lowest BCUT2D eigenvalue weighted by Crippen LogP contribution is -2.30. The van der Waals surface area contributed by atoms with Gasteiger partial charge in [-0.1, -0.05) is 11.6 Å². The molecule has 304 valence electrons. The van der Waals surface area contributed by atoms with Crippen LogP contribution in [-0.4, -0.2) is 92.5 Å². The summed E-state index contributed by atoms with van der Waals surface area (Å²) in [5, 5.41) is 25.3. The molecule has 3 aromatic rings. The molecular formula is C31H39Cl2F3N7O11P.